The molecule has 0 aliphatic carbocycles. The second-order valence-electron chi connectivity index (χ2n) is 2.31. The normalized spacial score (nSPS) is 11.5. The van der Waals surface area contributed by atoms with Crippen LogP contribution in [-0.2, 0) is 4.79 Å². The predicted octanol–water partition coefficient (Wildman–Crippen LogP) is 0.818. The number of carbonyl (C=O) groups excluding carboxylic acids is 1. The highest BCUT2D eigenvalue weighted by Crippen LogP contribution is 2.49. The first-order valence-corrected chi connectivity index (χ1v) is 5.45. The lowest BCUT2D eigenvalue weighted by molar-refractivity contribution is -0.105. The second-order valence-corrected chi connectivity index (χ2v) is 4.87. The third-order valence-corrected chi connectivity index (χ3v) is 3.00. The fourth-order valence-electron chi connectivity index (χ4n) is 0.622. The van der Waals surface area contributed by atoms with E-state index in [9.17, 15) is 4.79 Å². The molecule has 0 aliphatic rings. The van der Waals surface area contributed by atoms with Crippen LogP contribution in [0.2, 0.25) is 0 Å². The van der Waals surface area contributed by atoms with E-state index in [0.717, 1.165) is 12.8 Å². The van der Waals surface area contributed by atoms with Crippen LogP contribution in [0.4, 0.5) is 0 Å². The maximum absolute atomic E-state index is 9.89. The molecular formula is C6H14O3P+. The summed E-state index contributed by atoms with van der Waals surface area (Å²) in [5.41, 5.74) is 0. The fraction of sp³-hybridized carbons (Fsp3) is 0.833. The van der Waals surface area contributed by atoms with Crippen molar-refractivity contribution in [3.05, 3.63) is 0 Å². The van der Waals surface area contributed by atoms with Gasteiger partial charge in [0.1, 0.15) is 6.16 Å². The van der Waals surface area contributed by atoms with E-state index in [0.29, 0.717) is 12.4 Å². The van der Waals surface area contributed by atoms with Gasteiger partial charge in [0.25, 0.3) is 7.72 Å². The zero-order chi connectivity index (χ0) is 8.04. The molecule has 0 spiro atoms. The zero-order valence-electron chi connectivity index (χ0n) is 6.16. The van der Waals surface area contributed by atoms with Crippen LogP contribution in [0, 0.1) is 0 Å². The highest BCUT2D eigenvalue weighted by atomic mass is 31.2. The summed E-state index contributed by atoms with van der Waals surface area (Å²) in [4.78, 5) is 28.1. The fourth-order valence-corrected chi connectivity index (χ4v) is 1.87. The van der Waals surface area contributed by atoms with Crippen LogP contribution in [0.3, 0.4) is 0 Å². The first-order chi connectivity index (χ1) is 4.62. The second kappa shape index (κ2) is 4.78. The van der Waals surface area contributed by atoms with E-state index >= 15 is 0 Å². The molecule has 0 aliphatic heterocycles. The van der Waals surface area contributed by atoms with Gasteiger partial charge in [-0.05, 0) is 6.42 Å². The van der Waals surface area contributed by atoms with Crippen molar-refractivity contribution in [2.75, 3.05) is 12.3 Å². The largest absolute Gasteiger partial charge is 0.299 e. The van der Waals surface area contributed by atoms with E-state index < -0.39 is 7.72 Å². The molecule has 0 aromatic rings. The minimum absolute atomic E-state index is 0.0764. The van der Waals surface area contributed by atoms with Crippen LogP contribution in [0.15, 0.2) is 0 Å². The van der Waals surface area contributed by atoms with Gasteiger partial charge in [-0.2, -0.15) is 0 Å². The van der Waals surface area contributed by atoms with Gasteiger partial charge < -0.3 is 0 Å². The summed E-state index contributed by atoms with van der Waals surface area (Å²) in [7, 11) is -2.83. The smallest absolute Gasteiger partial charge is 0.274 e. The first-order valence-electron chi connectivity index (χ1n) is 3.38. The van der Waals surface area contributed by atoms with Gasteiger partial charge in [-0.25, -0.2) is 9.79 Å². The molecule has 2 N–H and O–H groups in total. The molecule has 0 aromatic carbocycles. The van der Waals surface area contributed by atoms with Crippen molar-refractivity contribution in [2.24, 2.45) is 0 Å². The summed E-state index contributed by atoms with van der Waals surface area (Å²) >= 11 is 0. The summed E-state index contributed by atoms with van der Waals surface area (Å²) in [6.07, 6.45) is 2.61. The van der Waals surface area contributed by atoms with E-state index in [1.807, 2.05) is 6.92 Å². The summed E-state index contributed by atoms with van der Waals surface area (Å²) in [5, 5.41) is 0. The summed E-state index contributed by atoms with van der Waals surface area (Å²) < 4.78 is 0. The molecule has 0 bridgehead atoms. The van der Waals surface area contributed by atoms with Crippen LogP contribution in [-0.4, -0.2) is 28.4 Å². The molecule has 0 radical (unpaired) electrons. The maximum atomic E-state index is 9.89. The van der Waals surface area contributed by atoms with Crippen molar-refractivity contribution in [3.8, 4) is 0 Å². The SMILES string of the molecule is CCCC[P+](O)(O)CC=O. The van der Waals surface area contributed by atoms with E-state index in [-0.39, 0.29) is 6.16 Å². The van der Waals surface area contributed by atoms with Crippen molar-refractivity contribution in [2.45, 2.75) is 19.8 Å². The summed E-state index contributed by atoms with van der Waals surface area (Å²) in [6.45, 7) is 1.97. The van der Waals surface area contributed by atoms with Crippen molar-refractivity contribution >= 4 is 14.0 Å². The van der Waals surface area contributed by atoms with Gasteiger partial charge >= 0.3 is 0 Å². The molecule has 0 atom stereocenters. The van der Waals surface area contributed by atoms with Crippen molar-refractivity contribution < 1.29 is 14.6 Å². The van der Waals surface area contributed by atoms with Crippen LogP contribution < -0.4 is 0 Å². The maximum Gasteiger partial charge on any atom is 0.274 e. The van der Waals surface area contributed by atoms with Crippen molar-refractivity contribution in [1.82, 2.24) is 0 Å². The molecule has 3 nitrogen and oxygen atoms in total. The van der Waals surface area contributed by atoms with Gasteiger partial charge in [0.15, 0.2) is 12.4 Å². The number of carbonyl (C=O) groups is 1. The molecule has 60 valence electrons. The predicted molar refractivity (Wildman–Crippen MR) is 42.1 cm³/mol. The molecule has 0 aromatic heterocycles. The molecule has 0 fully saturated rings. The molecule has 4 heteroatoms. The highest BCUT2D eigenvalue weighted by Gasteiger charge is 2.30. The average molecular weight is 165 g/mol. The molecule has 0 rings (SSSR count). The van der Waals surface area contributed by atoms with Crippen molar-refractivity contribution in [3.63, 3.8) is 0 Å². The third-order valence-electron chi connectivity index (χ3n) is 1.24. The monoisotopic (exact) mass is 165 g/mol. The Morgan fingerprint density at radius 3 is 2.50 bits per heavy atom. The topological polar surface area (TPSA) is 57.5 Å². The van der Waals surface area contributed by atoms with Crippen LogP contribution in [0.1, 0.15) is 19.8 Å². The standard InChI is InChI=1S/C6H14O3P/c1-2-3-5-10(8,9)6-4-7/h4,8-9H,2-3,5-6H2,1H3/q+1. The number of hydrogen-bond donors (Lipinski definition) is 2. The Morgan fingerprint density at radius 2 is 2.10 bits per heavy atom. The van der Waals surface area contributed by atoms with Gasteiger partial charge in [-0.15, -0.1) is 0 Å². The Morgan fingerprint density at radius 1 is 1.50 bits per heavy atom. The lowest BCUT2D eigenvalue weighted by Gasteiger charge is -2.07. The van der Waals surface area contributed by atoms with Crippen LogP contribution in [0.25, 0.3) is 0 Å². The van der Waals surface area contributed by atoms with E-state index in [1.54, 1.807) is 0 Å². The molecule has 0 unspecified atom stereocenters. The van der Waals surface area contributed by atoms with Gasteiger partial charge in [-0.3, -0.25) is 4.79 Å². The Hall–Kier alpha value is 0.0200. The summed E-state index contributed by atoms with van der Waals surface area (Å²) in [5.74, 6) is 0. The number of hydrogen-bond acceptors (Lipinski definition) is 3. The Bertz CT molecular complexity index is 103. The molecule has 0 heterocycles. The molecule has 0 amide bonds. The van der Waals surface area contributed by atoms with Crippen LogP contribution in [0.5, 0.6) is 0 Å². The third kappa shape index (κ3) is 4.86. The minimum Gasteiger partial charge on any atom is -0.299 e. The van der Waals surface area contributed by atoms with E-state index in [2.05, 4.69) is 0 Å². The number of unbranched alkanes of at least 4 members (excludes halogenated alkanes) is 1. The Balaban J connectivity index is 3.51. The Kier molecular flexibility index (Phi) is 4.79. The molecular weight excluding hydrogens is 151 g/mol. The minimum atomic E-state index is -2.83. The number of aldehydes is 1. The molecule has 0 saturated carbocycles. The first kappa shape index (κ1) is 10.0. The van der Waals surface area contributed by atoms with Crippen LogP contribution >= 0.6 is 7.72 Å². The van der Waals surface area contributed by atoms with Gasteiger partial charge in [0.05, 0.1) is 0 Å². The lowest BCUT2D eigenvalue weighted by atomic mass is 10.4. The van der Waals surface area contributed by atoms with E-state index in [4.69, 9.17) is 9.79 Å². The quantitative estimate of drug-likeness (QED) is 0.468. The van der Waals surface area contributed by atoms with Gasteiger partial charge in [0.2, 0.25) is 0 Å². The van der Waals surface area contributed by atoms with E-state index in [1.165, 1.54) is 0 Å². The van der Waals surface area contributed by atoms with Gasteiger partial charge in [-0.1, -0.05) is 13.3 Å². The Labute approximate surface area is 61.6 Å². The average Bonchev–Trinajstić information content (AvgIpc) is 1.84. The molecule has 0 saturated heterocycles. The lowest BCUT2D eigenvalue weighted by Crippen LogP contribution is -2.02. The number of rotatable bonds is 5. The molecule has 10 heavy (non-hydrogen) atoms. The zero-order valence-corrected chi connectivity index (χ0v) is 7.05. The van der Waals surface area contributed by atoms with Crippen molar-refractivity contribution in [1.29, 1.82) is 0 Å². The van der Waals surface area contributed by atoms with Gasteiger partial charge in [0, 0.05) is 0 Å². The summed E-state index contributed by atoms with van der Waals surface area (Å²) in [6, 6.07) is 0. The highest BCUT2D eigenvalue weighted by molar-refractivity contribution is 7.65.